The molecule has 1 aliphatic rings. The van der Waals surface area contributed by atoms with Gasteiger partial charge in [-0.25, -0.2) is 0 Å². The van der Waals surface area contributed by atoms with Gasteiger partial charge in [0.2, 0.25) is 17.6 Å². The first-order valence-electron chi connectivity index (χ1n) is 7.41. The molecular formula is C16H19N3O3. The first-order valence-corrected chi connectivity index (χ1v) is 7.41. The van der Waals surface area contributed by atoms with Crippen molar-refractivity contribution < 1.29 is 14.1 Å². The van der Waals surface area contributed by atoms with Gasteiger partial charge in [-0.3, -0.25) is 4.79 Å². The predicted molar refractivity (Wildman–Crippen MR) is 80.5 cm³/mol. The Balaban J connectivity index is 1.73. The number of amides is 1. The lowest BCUT2D eigenvalue weighted by Gasteiger charge is -2.29. The number of aromatic nitrogens is 2. The summed E-state index contributed by atoms with van der Waals surface area (Å²) in [7, 11) is 1.63. The van der Waals surface area contributed by atoms with E-state index in [-0.39, 0.29) is 11.8 Å². The fraction of sp³-hybridized carbons (Fsp3) is 0.438. The fourth-order valence-corrected chi connectivity index (χ4v) is 2.72. The number of carbonyl (C=O) groups excluding carboxylic acids is 1. The van der Waals surface area contributed by atoms with Crippen molar-refractivity contribution in [3.05, 3.63) is 30.2 Å². The molecule has 0 unspecified atom stereocenters. The second kappa shape index (κ2) is 6.17. The quantitative estimate of drug-likeness (QED) is 0.871. The molecule has 0 saturated carbocycles. The van der Waals surface area contributed by atoms with Gasteiger partial charge in [-0.1, -0.05) is 17.3 Å². The molecule has 6 nitrogen and oxygen atoms in total. The van der Waals surface area contributed by atoms with Crippen molar-refractivity contribution in [1.82, 2.24) is 15.0 Å². The smallest absolute Gasteiger partial charge is 0.230 e. The van der Waals surface area contributed by atoms with Crippen molar-refractivity contribution >= 4 is 5.91 Å². The first kappa shape index (κ1) is 14.6. The molecule has 1 aliphatic heterocycles. The largest absolute Gasteiger partial charge is 0.497 e. The molecule has 0 atom stereocenters. The molecule has 0 radical (unpaired) electrons. The molecule has 1 amide bonds. The van der Waals surface area contributed by atoms with Crippen LogP contribution in [0.15, 0.2) is 28.8 Å². The molecule has 1 fully saturated rings. The zero-order valence-electron chi connectivity index (χ0n) is 12.8. The highest BCUT2D eigenvalue weighted by molar-refractivity contribution is 5.73. The Labute approximate surface area is 129 Å². The van der Waals surface area contributed by atoms with E-state index in [1.807, 2.05) is 29.2 Å². The molecule has 0 aliphatic carbocycles. The highest BCUT2D eigenvalue weighted by Crippen LogP contribution is 2.29. The number of carbonyl (C=O) groups is 1. The van der Waals surface area contributed by atoms with Crippen molar-refractivity contribution in [3.63, 3.8) is 0 Å². The molecule has 0 N–H and O–H groups in total. The maximum Gasteiger partial charge on any atom is 0.230 e. The van der Waals surface area contributed by atoms with E-state index < -0.39 is 0 Å². The zero-order valence-corrected chi connectivity index (χ0v) is 12.8. The normalized spacial score (nSPS) is 15.8. The van der Waals surface area contributed by atoms with Gasteiger partial charge >= 0.3 is 0 Å². The maximum atomic E-state index is 11.4. The van der Waals surface area contributed by atoms with E-state index in [0.717, 1.165) is 37.2 Å². The lowest BCUT2D eigenvalue weighted by molar-refractivity contribution is -0.129. The van der Waals surface area contributed by atoms with Gasteiger partial charge in [0.25, 0.3) is 0 Å². The summed E-state index contributed by atoms with van der Waals surface area (Å²) in [5.41, 5.74) is 0.871. The zero-order chi connectivity index (χ0) is 15.5. The lowest BCUT2D eigenvalue weighted by atomic mass is 9.97. The molecule has 2 aromatic rings. The van der Waals surface area contributed by atoms with E-state index in [9.17, 15) is 4.79 Å². The van der Waals surface area contributed by atoms with Crippen LogP contribution in [0.1, 0.15) is 31.6 Å². The van der Waals surface area contributed by atoms with Crippen molar-refractivity contribution in [1.29, 1.82) is 0 Å². The average molecular weight is 301 g/mol. The third-order valence-corrected chi connectivity index (χ3v) is 4.06. The molecule has 0 spiro atoms. The van der Waals surface area contributed by atoms with Crippen molar-refractivity contribution in [2.45, 2.75) is 25.7 Å². The Kier molecular flexibility index (Phi) is 4.09. The molecule has 1 aromatic carbocycles. The van der Waals surface area contributed by atoms with Crippen LogP contribution in [0.5, 0.6) is 5.75 Å². The van der Waals surface area contributed by atoms with Crippen LogP contribution in [-0.2, 0) is 4.79 Å². The van der Waals surface area contributed by atoms with Gasteiger partial charge in [0.1, 0.15) is 5.75 Å². The van der Waals surface area contributed by atoms with Gasteiger partial charge in [-0.15, -0.1) is 0 Å². The van der Waals surface area contributed by atoms with Gasteiger partial charge in [-0.05, 0) is 25.0 Å². The van der Waals surface area contributed by atoms with Crippen molar-refractivity contribution in [2.75, 3.05) is 20.2 Å². The van der Waals surface area contributed by atoms with Gasteiger partial charge in [0.15, 0.2) is 0 Å². The van der Waals surface area contributed by atoms with E-state index in [1.165, 1.54) is 0 Å². The summed E-state index contributed by atoms with van der Waals surface area (Å²) < 4.78 is 10.6. The Bertz CT molecular complexity index is 660. The molecule has 2 heterocycles. The number of methoxy groups -OCH3 is 1. The number of rotatable bonds is 3. The number of likely N-dealkylation sites (tertiary alicyclic amines) is 1. The molecular weight excluding hydrogens is 282 g/mol. The fourth-order valence-electron chi connectivity index (χ4n) is 2.72. The van der Waals surface area contributed by atoms with Crippen LogP contribution in [0.2, 0.25) is 0 Å². The van der Waals surface area contributed by atoms with Gasteiger partial charge in [-0.2, -0.15) is 4.98 Å². The minimum atomic E-state index is 0.126. The van der Waals surface area contributed by atoms with Crippen LogP contribution in [0.3, 0.4) is 0 Å². The van der Waals surface area contributed by atoms with Gasteiger partial charge < -0.3 is 14.2 Å². The highest BCUT2D eigenvalue weighted by Gasteiger charge is 2.26. The molecule has 1 aromatic heterocycles. The summed E-state index contributed by atoms with van der Waals surface area (Å²) in [6.07, 6.45) is 1.72. The Hall–Kier alpha value is -2.37. The molecule has 0 bridgehead atoms. The number of piperidine rings is 1. The number of benzene rings is 1. The average Bonchev–Trinajstić information content (AvgIpc) is 3.05. The topological polar surface area (TPSA) is 68.5 Å². The summed E-state index contributed by atoms with van der Waals surface area (Å²) in [5, 5.41) is 4.07. The SMILES string of the molecule is COc1cccc(-c2noc(C3CCN(C(C)=O)CC3)n2)c1. The maximum absolute atomic E-state index is 11.4. The number of hydrogen-bond acceptors (Lipinski definition) is 5. The van der Waals surface area contributed by atoms with Crippen molar-refractivity contribution in [3.8, 4) is 17.1 Å². The van der Waals surface area contributed by atoms with Crippen LogP contribution in [0.25, 0.3) is 11.4 Å². The summed E-state index contributed by atoms with van der Waals surface area (Å²) in [6, 6.07) is 7.58. The summed E-state index contributed by atoms with van der Waals surface area (Å²) in [5.74, 6) is 2.34. The van der Waals surface area contributed by atoms with E-state index >= 15 is 0 Å². The van der Waals surface area contributed by atoms with Crippen LogP contribution >= 0.6 is 0 Å². The second-order valence-corrected chi connectivity index (χ2v) is 5.47. The summed E-state index contributed by atoms with van der Waals surface area (Å²) in [6.45, 7) is 3.10. The Morgan fingerprint density at radius 3 is 2.82 bits per heavy atom. The first-order chi connectivity index (χ1) is 10.7. The highest BCUT2D eigenvalue weighted by atomic mass is 16.5. The standard InChI is InChI=1S/C16H19N3O3/c1-11(20)19-8-6-12(7-9-19)16-17-15(18-22-16)13-4-3-5-14(10-13)21-2/h3-5,10,12H,6-9H2,1-2H3. The molecule has 3 rings (SSSR count). The minimum Gasteiger partial charge on any atom is -0.497 e. The number of nitrogens with zero attached hydrogens (tertiary/aromatic N) is 3. The van der Waals surface area contributed by atoms with Crippen LogP contribution in [0, 0.1) is 0 Å². The van der Waals surface area contributed by atoms with Crippen molar-refractivity contribution in [2.24, 2.45) is 0 Å². The Morgan fingerprint density at radius 1 is 1.36 bits per heavy atom. The lowest BCUT2D eigenvalue weighted by Crippen LogP contribution is -2.36. The third kappa shape index (κ3) is 2.95. The van der Waals surface area contributed by atoms with E-state index in [4.69, 9.17) is 9.26 Å². The molecule has 22 heavy (non-hydrogen) atoms. The summed E-state index contributed by atoms with van der Waals surface area (Å²) >= 11 is 0. The van der Waals surface area contributed by atoms with E-state index in [1.54, 1.807) is 14.0 Å². The minimum absolute atomic E-state index is 0.126. The van der Waals surface area contributed by atoms with Gasteiger partial charge in [0.05, 0.1) is 7.11 Å². The van der Waals surface area contributed by atoms with Gasteiger partial charge in [0, 0.05) is 31.5 Å². The van der Waals surface area contributed by atoms with E-state index in [2.05, 4.69) is 10.1 Å². The monoisotopic (exact) mass is 301 g/mol. The van der Waals surface area contributed by atoms with E-state index in [0.29, 0.717) is 11.7 Å². The van der Waals surface area contributed by atoms with Crippen LogP contribution in [0.4, 0.5) is 0 Å². The predicted octanol–water partition coefficient (Wildman–Crippen LogP) is 2.47. The van der Waals surface area contributed by atoms with Crippen LogP contribution < -0.4 is 4.74 Å². The number of hydrogen-bond donors (Lipinski definition) is 0. The molecule has 1 saturated heterocycles. The van der Waals surface area contributed by atoms with Crippen LogP contribution in [-0.4, -0.2) is 41.1 Å². The second-order valence-electron chi connectivity index (χ2n) is 5.47. The molecule has 116 valence electrons. The summed E-state index contributed by atoms with van der Waals surface area (Å²) in [4.78, 5) is 17.7. The number of ether oxygens (including phenoxy) is 1. The Morgan fingerprint density at radius 2 is 2.14 bits per heavy atom. The molecule has 6 heteroatoms. The third-order valence-electron chi connectivity index (χ3n) is 4.06.